The van der Waals surface area contributed by atoms with Crippen molar-refractivity contribution in [3.8, 4) is 5.75 Å². The Morgan fingerprint density at radius 2 is 2.32 bits per heavy atom. The number of ether oxygens (including phenoxy) is 1. The molecule has 1 aromatic carbocycles. The van der Waals surface area contributed by atoms with Gasteiger partial charge in [-0.15, -0.1) is 0 Å². The Morgan fingerprint density at radius 3 is 2.84 bits per heavy atom. The topological polar surface area (TPSA) is 116 Å². The molecule has 0 aliphatic carbocycles. The monoisotopic (exact) mass is 286 g/mol. The predicted octanol–water partition coefficient (Wildman–Crippen LogP) is 1.25. The molecule has 0 aliphatic heterocycles. The Balaban J connectivity index is 2.72. The SMILES string of the molecule is COc1ccc([N+](=O)[O-])cc1CSC[C@H](N)C(=O)O. The van der Waals surface area contributed by atoms with Crippen LogP contribution >= 0.6 is 11.8 Å². The Bertz CT molecular complexity index is 480. The first kappa shape index (κ1) is 15.3. The average molecular weight is 286 g/mol. The van der Waals surface area contributed by atoms with Gasteiger partial charge in [-0.25, -0.2) is 0 Å². The van der Waals surface area contributed by atoms with E-state index in [2.05, 4.69) is 0 Å². The van der Waals surface area contributed by atoms with Crippen molar-refractivity contribution in [2.45, 2.75) is 11.8 Å². The van der Waals surface area contributed by atoms with Crippen molar-refractivity contribution in [2.24, 2.45) is 5.73 Å². The van der Waals surface area contributed by atoms with Gasteiger partial charge in [-0.05, 0) is 6.07 Å². The first-order valence-corrected chi connectivity index (χ1v) is 6.48. The smallest absolute Gasteiger partial charge is 0.321 e. The zero-order valence-corrected chi connectivity index (χ0v) is 11.1. The molecule has 0 saturated heterocycles. The number of nitrogens with two attached hydrogens (primary N) is 1. The van der Waals surface area contributed by atoms with Crippen LogP contribution in [0.25, 0.3) is 0 Å². The van der Waals surface area contributed by atoms with Gasteiger partial charge >= 0.3 is 5.97 Å². The summed E-state index contributed by atoms with van der Waals surface area (Å²) in [6, 6.07) is 3.34. The van der Waals surface area contributed by atoms with E-state index in [0.717, 1.165) is 0 Å². The number of carboxylic acid groups (broad SMARTS) is 1. The van der Waals surface area contributed by atoms with Crippen molar-refractivity contribution in [3.05, 3.63) is 33.9 Å². The fraction of sp³-hybridized carbons (Fsp3) is 0.364. The number of nitro groups is 1. The number of benzene rings is 1. The molecule has 8 heteroatoms. The number of thioether (sulfide) groups is 1. The highest BCUT2D eigenvalue weighted by molar-refractivity contribution is 7.98. The second-order valence-corrected chi connectivity index (χ2v) is 4.74. The van der Waals surface area contributed by atoms with Gasteiger partial charge in [0.05, 0.1) is 12.0 Å². The second kappa shape index (κ2) is 6.95. The molecule has 1 aromatic rings. The first-order chi connectivity index (χ1) is 8.95. The molecule has 0 aliphatic rings. The molecule has 0 radical (unpaired) electrons. The number of carbonyl (C=O) groups is 1. The normalized spacial score (nSPS) is 11.9. The summed E-state index contributed by atoms with van der Waals surface area (Å²) in [5, 5.41) is 19.3. The summed E-state index contributed by atoms with van der Waals surface area (Å²) in [7, 11) is 1.47. The number of aliphatic carboxylic acids is 1. The van der Waals surface area contributed by atoms with Gasteiger partial charge in [0.25, 0.3) is 5.69 Å². The lowest BCUT2D eigenvalue weighted by atomic mass is 10.2. The van der Waals surface area contributed by atoms with Crippen LogP contribution in [0.5, 0.6) is 5.75 Å². The summed E-state index contributed by atoms with van der Waals surface area (Å²) in [6.45, 7) is 0. The molecule has 0 amide bonds. The first-order valence-electron chi connectivity index (χ1n) is 5.33. The van der Waals surface area contributed by atoms with E-state index >= 15 is 0 Å². The molecule has 3 N–H and O–H groups in total. The lowest BCUT2D eigenvalue weighted by Gasteiger charge is -2.09. The third-order valence-electron chi connectivity index (χ3n) is 2.35. The van der Waals surface area contributed by atoms with E-state index < -0.39 is 16.9 Å². The lowest BCUT2D eigenvalue weighted by Crippen LogP contribution is -2.32. The highest BCUT2D eigenvalue weighted by atomic mass is 32.2. The zero-order valence-electron chi connectivity index (χ0n) is 10.2. The van der Waals surface area contributed by atoms with Crippen LogP contribution in [0.15, 0.2) is 18.2 Å². The molecule has 0 aromatic heterocycles. The Morgan fingerprint density at radius 1 is 1.63 bits per heavy atom. The summed E-state index contributed by atoms with van der Waals surface area (Å²) in [5.41, 5.74) is 5.98. The van der Waals surface area contributed by atoms with Crippen LogP contribution in [0.3, 0.4) is 0 Å². The molecule has 0 saturated carbocycles. The molecule has 1 rings (SSSR count). The van der Waals surface area contributed by atoms with Crippen molar-refractivity contribution < 1.29 is 19.6 Å². The van der Waals surface area contributed by atoms with Crippen molar-refractivity contribution in [3.63, 3.8) is 0 Å². The molecule has 104 valence electrons. The van der Waals surface area contributed by atoms with E-state index in [1.54, 1.807) is 0 Å². The molecular formula is C11H14N2O5S. The summed E-state index contributed by atoms with van der Waals surface area (Å²) >= 11 is 1.28. The lowest BCUT2D eigenvalue weighted by molar-refractivity contribution is -0.384. The van der Waals surface area contributed by atoms with E-state index in [1.165, 1.54) is 37.1 Å². The fourth-order valence-corrected chi connectivity index (χ4v) is 2.32. The van der Waals surface area contributed by atoms with E-state index in [4.69, 9.17) is 15.6 Å². The molecular weight excluding hydrogens is 272 g/mol. The molecule has 19 heavy (non-hydrogen) atoms. The van der Waals surface area contributed by atoms with Crippen LogP contribution in [0, 0.1) is 10.1 Å². The second-order valence-electron chi connectivity index (χ2n) is 3.71. The predicted molar refractivity (Wildman–Crippen MR) is 71.4 cm³/mol. The summed E-state index contributed by atoms with van der Waals surface area (Å²) in [6.07, 6.45) is 0. The van der Waals surface area contributed by atoms with Gasteiger partial charge in [0.2, 0.25) is 0 Å². The van der Waals surface area contributed by atoms with Gasteiger partial charge in [0, 0.05) is 29.2 Å². The molecule has 0 spiro atoms. The standard InChI is InChI=1S/C11H14N2O5S/c1-18-10-3-2-8(13(16)17)4-7(10)5-19-6-9(12)11(14)15/h2-4,9H,5-6,12H2,1H3,(H,14,15)/t9-/m0/s1. The van der Waals surface area contributed by atoms with Crippen LogP contribution in [0.2, 0.25) is 0 Å². The van der Waals surface area contributed by atoms with Crippen LogP contribution in [0.1, 0.15) is 5.56 Å². The molecule has 0 unspecified atom stereocenters. The molecule has 0 fully saturated rings. The molecule has 0 heterocycles. The van der Waals surface area contributed by atoms with Gasteiger partial charge in [-0.3, -0.25) is 14.9 Å². The number of non-ortho nitro benzene ring substituents is 1. The maximum absolute atomic E-state index is 10.7. The Hall–Kier alpha value is -1.80. The Labute approximate surface area is 113 Å². The minimum Gasteiger partial charge on any atom is -0.496 e. The number of nitro benzene ring substituents is 1. The molecule has 1 atom stereocenters. The van der Waals surface area contributed by atoms with E-state index in [-0.39, 0.29) is 11.4 Å². The number of carboxylic acids is 1. The quantitative estimate of drug-likeness (QED) is 0.572. The van der Waals surface area contributed by atoms with Gasteiger partial charge in [-0.2, -0.15) is 11.8 Å². The average Bonchev–Trinajstić information content (AvgIpc) is 2.38. The molecule has 7 nitrogen and oxygen atoms in total. The number of methoxy groups -OCH3 is 1. The number of hydrogen-bond acceptors (Lipinski definition) is 6. The van der Waals surface area contributed by atoms with Gasteiger partial charge < -0.3 is 15.6 Å². The maximum atomic E-state index is 10.7. The zero-order chi connectivity index (χ0) is 14.4. The minimum atomic E-state index is -1.07. The highest BCUT2D eigenvalue weighted by Crippen LogP contribution is 2.27. The van der Waals surface area contributed by atoms with Gasteiger partial charge in [0.1, 0.15) is 11.8 Å². The van der Waals surface area contributed by atoms with Crippen LogP contribution in [0.4, 0.5) is 5.69 Å². The Kier molecular flexibility index (Phi) is 5.58. The molecule has 0 bridgehead atoms. The summed E-state index contributed by atoms with van der Waals surface area (Å²) in [4.78, 5) is 20.8. The van der Waals surface area contributed by atoms with Crippen molar-refractivity contribution in [2.75, 3.05) is 12.9 Å². The van der Waals surface area contributed by atoms with Crippen LogP contribution in [-0.2, 0) is 10.5 Å². The van der Waals surface area contributed by atoms with Gasteiger partial charge in [0.15, 0.2) is 0 Å². The van der Waals surface area contributed by atoms with Crippen LogP contribution in [-0.4, -0.2) is 34.9 Å². The third kappa shape index (κ3) is 4.42. The highest BCUT2D eigenvalue weighted by Gasteiger charge is 2.14. The van der Waals surface area contributed by atoms with Gasteiger partial charge in [-0.1, -0.05) is 0 Å². The van der Waals surface area contributed by atoms with Crippen LogP contribution < -0.4 is 10.5 Å². The largest absolute Gasteiger partial charge is 0.496 e. The van der Waals surface area contributed by atoms with Crippen molar-refractivity contribution in [1.29, 1.82) is 0 Å². The summed E-state index contributed by atoms with van der Waals surface area (Å²) in [5.74, 6) is 0.0769. The number of nitrogens with zero attached hydrogens (tertiary/aromatic N) is 1. The number of hydrogen-bond donors (Lipinski definition) is 2. The minimum absolute atomic E-state index is 0.0288. The fourth-order valence-electron chi connectivity index (χ4n) is 1.36. The third-order valence-corrected chi connectivity index (χ3v) is 3.46. The van der Waals surface area contributed by atoms with E-state index in [1.807, 2.05) is 0 Å². The van der Waals surface area contributed by atoms with E-state index in [9.17, 15) is 14.9 Å². The maximum Gasteiger partial charge on any atom is 0.321 e. The summed E-state index contributed by atoms with van der Waals surface area (Å²) < 4.78 is 5.10. The van der Waals surface area contributed by atoms with E-state index in [0.29, 0.717) is 17.1 Å². The number of rotatable bonds is 7. The van der Waals surface area contributed by atoms with Crippen molar-refractivity contribution >= 4 is 23.4 Å². The van der Waals surface area contributed by atoms with Crippen molar-refractivity contribution in [1.82, 2.24) is 0 Å².